The molecular formula is C29H41N3O. The molecule has 0 unspecified atom stereocenters. The van der Waals surface area contributed by atoms with Gasteiger partial charge in [0.25, 0.3) is 0 Å². The molecule has 0 bridgehead atoms. The molecule has 3 atom stereocenters. The second kappa shape index (κ2) is 11.1. The SMILES string of the molecule is OC1CCN(Cc2ccccc2CN[C@@H]2CCCC[C@@H]3CN(Cc4ccccc4)C[C@@H]32)CC1. The number of piperidine rings is 1. The lowest BCUT2D eigenvalue weighted by Gasteiger charge is -2.30. The number of fused-ring (bicyclic) bond motifs is 1. The lowest BCUT2D eigenvalue weighted by atomic mass is 9.87. The van der Waals surface area contributed by atoms with Crippen molar-refractivity contribution in [3.05, 3.63) is 71.3 Å². The van der Waals surface area contributed by atoms with Gasteiger partial charge in [-0.3, -0.25) is 9.80 Å². The number of hydrogen-bond acceptors (Lipinski definition) is 4. The highest BCUT2D eigenvalue weighted by molar-refractivity contribution is 5.27. The van der Waals surface area contributed by atoms with Crippen LogP contribution in [0.5, 0.6) is 0 Å². The Morgan fingerprint density at radius 2 is 1.48 bits per heavy atom. The molecule has 2 N–H and O–H groups in total. The van der Waals surface area contributed by atoms with Gasteiger partial charge in [-0.15, -0.1) is 0 Å². The summed E-state index contributed by atoms with van der Waals surface area (Å²) in [6, 6.07) is 20.6. The Morgan fingerprint density at radius 3 is 2.30 bits per heavy atom. The zero-order chi connectivity index (χ0) is 22.5. The van der Waals surface area contributed by atoms with Crippen molar-refractivity contribution >= 4 is 0 Å². The van der Waals surface area contributed by atoms with Crippen LogP contribution in [0.2, 0.25) is 0 Å². The predicted octanol–water partition coefficient (Wildman–Crippen LogP) is 4.42. The van der Waals surface area contributed by atoms with Gasteiger partial charge in [0.1, 0.15) is 0 Å². The smallest absolute Gasteiger partial charge is 0.0564 e. The first kappa shape index (κ1) is 23.0. The first-order chi connectivity index (χ1) is 16.2. The van der Waals surface area contributed by atoms with Crippen LogP contribution in [0.25, 0.3) is 0 Å². The quantitative estimate of drug-likeness (QED) is 0.659. The summed E-state index contributed by atoms with van der Waals surface area (Å²) in [6.07, 6.45) is 7.17. The molecule has 0 amide bonds. The molecule has 1 aliphatic carbocycles. The van der Waals surface area contributed by atoms with Gasteiger partial charge in [-0.2, -0.15) is 0 Å². The van der Waals surface area contributed by atoms with E-state index in [1.54, 1.807) is 0 Å². The maximum Gasteiger partial charge on any atom is 0.0564 e. The minimum atomic E-state index is -0.103. The second-order valence-corrected chi connectivity index (χ2v) is 10.7. The Balaban J connectivity index is 1.20. The van der Waals surface area contributed by atoms with Gasteiger partial charge in [0, 0.05) is 51.9 Å². The first-order valence-corrected chi connectivity index (χ1v) is 13.2. The molecule has 0 aromatic heterocycles. The van der Waals surface area contributed by atoms with Gasteiger partial charge < -0.3 is 10.4 Å². The molecule has 4 heteroatoms. The number of likely N-dealkylation sites (tertiary alicyclic amines) is 2. The van der Waals surface area contributed by atoms with E-state index in [0.717, 1.165) is 57.4 Å². The van der Waals surface area contributed by atoms with E-state index in [-0.39, 0.29) is 6.10 Å². The summed E-state index contributed by atoms with van der Waals surface area (Å²) >= 11 is 0. The minimum Gasteiger partial charge on any atom is -0.393 e. The number of aliphatic hydroxyl groups excluding tert-OH is 1. The van der Waals surface area contributed by atoms with E-state index in [2.05, 4.69) is 69.7 Å². The molecule has 0 radical (unpaired) electrons. The summed E-state index contributed by atoms with van der Waals surface area (Å²) in [7, 11) is 0. The predicted molar refractivity (Wildman–Crippen MR) is 135 cm³/mol. The number of rotatable bonds is 7. The molecule has 2 aromatic rings. The molecule has 178 valence electrons. The Labute approximate surface area is 200 Å². The third kappa shape index (κ3) is 6.05. The number of aliphatic hydroxyl groups is 1. The van der Waals surface area contributed by atoms with Gasteiger partial charge in [0.2, 0.25) is 0 Å². The van der Waals surface area contributed by atoms with Crippen molar-refractivity contribution in [3.63, 3.8) is 0 Å². The summed E-state index contributed by atoms with van der Waals surface area (Å²) in [5.41, 5.74) is 4.34. The van der Waals surface area contributed by atoms with Crippen LogP contribution in [0, 0.1) is 11.8 Å². The summed E-state index contributed by atoms with van der Waals surface area (Å²) in [5, 5.41) is 13.9. The standard InChI is InChI=1S/C29H41N3O/c33-27-14-16-31(17-15-27)20-25-11-5-4-10-24(25)18-30-29-13-7-6-12-26-21-32(22-28(26)29)19-23-8-2-1-3-9-23/h1-5,8-11,26-30,33H,6-7,12-22H2/t26-,28+,29-/m1/s1. The van der Waals surface area contributed by atoms with Crippen LogP contribution in [-0.4, -0.2) is 53.2 Å². The molecule has 2 saturated heterocycles. The molecule has 3 aliphatic rings. The summed E-state index contributed by atoms with van der Waals surface area (Å²) in [4.78, 5) is 5.20. The van der Waals surface area contributed by atoms with Gasteiger partial charge in [0.05, 0.1) is 6.10 Å². The number of nitrogens with one attached hydrogen (secondary N) is 1. The van der Waals surface area contributed by atoms with Crippen LogP contribution in [0.4, 0.5) is 0 Å². The number of nitrogens with zero attached hydrogens (tertiary/aromatic N) is 2. The van der Waals surface area contributed by atoms with E-state index in [4.69, 9.17) is 0 Å². The highest BCUT2D eigenvalue weighted by Crippen LogP contribution is 2.36. The van der Waals surface area contributed by atoms with E-state index in [9.17, 15) is 5.11 Å². The van der Waals surface area contributed by atoms with Crippen LogP contribution in [0.15, 0.2) is 54.6 Å². The molecular weight excluding hydrogens is 406 g/mol. The minimum absolute atomic E-state index is 0.103. The highest BCUT2D eigenvalue weighted by atomic mass is 16.3. The zero-order valence-electron chi connectivity index (χ0n) is 20.0. The van der Waals surface area contributed by atoms with Gasteiger partial charge in [0.15, 0.2) is 0 Å². The molecule has 1 saturated carbocycles. The fourth-order valence-corrected chi connectivity index (χ4v) is 6.40. The maximum absolute atomic E-state index is 9.83. The van der Waals surface area contributed by atoms with Gasteiger partial charge >= 0.3 is 0 Å². The summed E-state index contributed by atoms with van der Waals surface area (Å²) in [5.74, 6) is 1.61. The van der Waals surface area contributed by atoms with Crippen molar-refractivity contribution < 1.29 is 5.11 Å². The molecule has 2 heterocycles. The maximum atomic E-state index is 9.83. The molecule has 5 rings (SSSR count). The van der Waals surface area contributed by atoms with Crippen molar-refractivity contribution in [2.45, 2.75) is 70.3 Å². The largest absolute Gasteiger partial charge is 0.393 e. The van der Waals surface area contributed by atoms with Gasteiger partial charge in [-0.25, -0.2) is 0 Å². The second-order valence-electron chi connectivity index (χ2n) is 10.7. The summed E-state index contributed by atoms with van der Waals surface area (Å²) < 4.78 is 0. The van der Waals surface area contributed by atoms with Gasteiger partial charge in [-0.05, 0) is 54.2 Å². The van der Waals surface area contributed by atoms with Crippen LogP contribution in [0.1, 0.15) is 55.2 Å². The molecule has 0 spiro atoms. The highest BCUT2D eigenvalue weighted by Gasteiger charge is 2.38. The van der Waals surface area contributed by atoms with E-state index in [1.165, 1.54) is 55.5 Å². The molecule has 2 aromatic carbocycles. The number of benzene rings is 2. The van der Waals surface area contributed by atoms with Crippen LogP contribution in [-0.2, 0) is 19.6 Å². The third-order valence-electron chi connectivity index (χ3n) is 8.30. The third-order valence-corrected chi connectivity index (χ3v) is 8.30. The van der Waals surface area contributed by atoms with Crippen molar-refractivity contribution in [3.8, 4) is 0 Å². The molecule has 3 fully saturated rings. The Hall–Kier alpha value is -1.72. The Bertz CT molecular complexity index is 864. The lowest BCUT2D eigenvalue weighted by molar-refractivity contribution is 0.0791. The van der Waals surface area contributed by atoms with E-state index in [0.29, 0.717) is 6.04 Å². The normalized spacial score (nSPS) is 27.4. The van der Waals surface area contributed by atoms with E-state index in [1.807, 2.05) is 0 Å². The van der Waals surface area contributed by atoms with Crippen molar-refractivity contribution in [1.29, 1.82) is 0 Å². The average molecular weight is 448 g/mol. The average Bonchev–Trinajstić information content (AvgIpc) is 3.14. The van der Waals surface area contributed by atoms with Gasteiger partial charge in [-0.1, -0.05) is 67.4 Å². The topological polar surface area (TPSA) is 38.7 Å². The fourth-order valence-electron chi connectivity index (χ4n) is 6.40. The monoisotopic (exact) mass is 447 g/mol. The Morgan fingerprint density at radius 1 is 0.758 bits per heavy atom. The Kier molecular flexibility index (Phi) is 7.78. The van der Waals surface area contributed by atoms with Crippen LogP contribution < -0.4 is 5.32 Å². The van der Waals surface area contributed by atoms with E-state index < -0.39 is 0 Å². The molecule has 4 nitrogen and oxygen atoms in total. The fraction of sp³-hybridized carbons (Fsp3) is 0.586. The van der Waals surface area contributed by atoms with Crippen LogP contribution in [0.3, 0.4) is 0 Å². The van der Waals surface area contributed by atoms with Crippen molar-refractivity contribution in [1.82, 2.24) is 15.1 Å². The van der Waals surface area contributed by atoms with Crippen molar-refractivity contribution in [2.24, 2.45) is 11.8 Å². The molecule has 33 heavy (non-hydrogen) atoms. The first-order valence-electron chi connectivity index (χ1n) is 13.2. The van der Waals surface area contributed by atoms with E-state index >= 15 is 0 Å². The molecule has 2 aliphatic heterocycles. The van der Waals surface area contributed by atoms with Crippen LogP contribution >= 0.6 is 0 Å². The zero-order valence-corrected chi connectivity index (χ0v) is 20.0. The number of hydrogen-bond donors (Lipinski definition) is 2. The van der Waals surface area contributed by atoms with Crippen molar-refractivity contribution in [2.75, 3.05) is 26.2 Å². The summed E-state index contributed by atoms with van der Waals surface area (Å²) in [6.45, 7) is 7.57. The lowest BCUT2D eigenvalue weighted by Crippen LogP contribution is -2.39.